The number of alkyl halides is 3. The number of benzene rings is 1. The number of likely N-dealkylation sites (tertiary alicyclic amines) is 1. The number of aromatic nitrogens is 2. The number of carbonyl (C=O) groups excluding carboxylic acids is 1. The second kappa shape index (κ2) is 7.31. The topological polar surface area (TPSA) is 72.1 Å². The molecule has 0 spiro atoms. The van der Waals surface area contributed by atoms with Gasteiger partial charge in [-0.05, 0) is 24.1 Å². The number of nitrogens with two attached hydrogens (primary N) is 1. The van der Waals surface area contributed by atoms with Crippen LogP contribution in [0.4, 0.5) is 19.0 Å². The van der Waals surface area contributed by atoms with Gasteiger partial charge in [-0.15, -0.1) is 5.10 Å². The number of hydrogen-bond donors (Lipinski definition) is 1. The summed E-state index contributed by atoms with van der Waals surface area (Å²) in [4.78, 5) is 14.1. The van der Waals surface area contributed by atoms with Crippen LogP contribution in [0.3, 0.4) is 0 Å². The number of nitrogen functional groups attached to an aromatic ring is 1. The Bertz CT molecular complexity index is 749. The molecular formula is C18H19F3N4O. The highest BCUT2D eigenvalue weighted by Gasteiger charge is 2.47. The Labute approximate surface area is 149 Å². The van der Waals surface area contributed by atoms with Crippen molar-refractivity contribution in [2.75, 3.05) is 12.3 Å². The van der Waals surface area contributed by atoms with Crippen molar-refractivity contribution in [3.05, 3.63) is 53.7 Å². The smallest absolute Gasteiger partial charge is 0.382 e. The summed E-state index contributed by atoms with van der Waals surface area (Å²) in [6.07, 6.45) is -4.47. The van der Waals surface area contributed by atoms with Crippen LogP contribution in [0.25, 0.3) is 0 Å². The Morgan fingerprint density at radius 3 is 2.46 bits per heavy atom. The van der Waals surface area contributed by atoms with E-state index in [9.17, 15) is 18.0 Å². The first-order chi connectivity index (χ1) is 12.3. The molecule has 5 nitrogen and oxygen atoms in total. The van der Waals surface area contributed by atoms with Gasteiger partial charge in [-0.2, -0.15) is 18.3 Å². The lowest BCUT2D eigenvalue weighted by Gasteiger charge is -2.38. The van der Waals surface area contributed by atoms with Crippen LogP contribution in [-0.2, 0) is 17.8 Å². The van der Waals surface area contributed by atoms with Crippen LogP contribution in [0, 0.1) is 11.8 Å². The van der Waals surface area contributed by atoms with Crippen molar-refractivity contribution in [1.82, 2.24) is 15.1 Å². The Hall–Kier alpha value is -2.64. The van der Waals surface area contributed by atoms with Crippen molar-refractivity contribution in [1.29, 1.82) is 0 Å². The molecule has 1 fully saturated rings. The molecule has 1 aliphatic heterocycles. The first-order valence-electron chi connectivity index (χ1n) is 8.30. The lowest BCUT2D eigenvalue weighted by atomic mass is 9.85. The zero-order valence-corrected chi connectivity index (χ0v) is 14.0. The van der Waals surface area contributed by atoms with Crippen LogP contribution >= 0.6 is 0 Å². The van der Waals surface area contributed by atoms with Gasteiger partial charge in [0.15, 0.2) is 0 Å². The minimum Gasteiger partial charge on any atom is -0.382 e. The molecule has 1 saturated heterocycles. The van der Waals surface area contributed by atoms with Gasteiger partial charge in [-0.3, -0.25) is 4.79 Å². The number of piperidine rings is 1. The van der Waals surface area contributed by atoms with Crippen molar-refractivity contribution in [2.24, 2.45) is 11.8 Å². The molecule has 26 heavy (non-hydrogen) atoms. The van der Waals surface area contributed by atoms with E-state index in [0.717, 1.165) is 5.56 Å². The van der Waals surface area contributed by atoms with Gasteiger partial charge in [0.2, 0.25) is 5.91 Å². The van der Waals surface area contributed by atoms with Gasteiger partial charge in [0.05, 0.1) is 11.6 Å². The fourth-order valence-electron chi connectivity index (χ4n) is 3.22. The van der Waals surface area contributed by atoms with E-state index in [1.54, 1.807) is 30.3 Å². The minimum absolute atomic E-state index is 0.115. The molecule has 3 rings (SSSR count). The molecule has 8 heteroatoms. The summed E-state index contributed by atoms with van der Waals surface area (Å²) < 4.78 is 40.1. The predicted octanol–water partition coefficient (Wildman–Crippen LogP) is 2.83. The second-order valence-electron chi connectivity index (χ2n) is 6.53. The summed E-state index contributed by atoms with van der Waals surface area (Å²) in [6.45, 7) is -0.155. The summed E-state index contributed by atoms with van der Waals surface area (Å²) in [6, 6.07) is 12.1. The third-order valence-electron chi connectivity index (χ3n) is 4.55. The molecule has 2 aromatic rings. The molecule has 0 bridgehead atoms. The van der Waals surface area contributed by atoms with Crippen molar-refractivity contribution < 1.29 is 18.0 Å². The molecule has 0 aliphatic carbocycles. The molecule has 2 atom stereocenters. The van der Waals surface area contributed by atoms with Gasteiger partial charge in [0.25, 0.3) is 0 Å². The summed E-state index contributed by atoms with van der Waals surface area (Å²) in [5.41, 5.74) is 6.74. The van der Waals surface area contributed by atoms with E-state index in [1.165, 1.54) is 11.0 Å². The van der Waals surface area contributed by atoms with Crippen LogP contribution in [0.1, 0.15) is 17.7 Å². The highest BCUT2D eigenvalue weighted by molar-refractivity contribution is 5.80. The van der Waals surface area contributed by atoms with E-state index in [0.29, 0.717) is 5.69 Å². The van der Waals surface area contributed by atoms with Crippen molar-refractivity contribution in [2.45, 2.75) is 25.6 Å². The Morgan fingerprint density at radius 1 is 1.12 bits per heavy atom. The predicted molar refractivity (Wildman–Crippen MR) is 89.7 cm³/mol. The zero-order chi connectivity index (χ0) is 18.7. The molecule has 0 radical (unpaired) electrons. The second-order valence-corrected chi connectivity index (χ2v) is 6.53. The number of nitrogens with zero attached hydrogens (tertiary/aromatic N) is 3. The quantitative estimate of drug-likeness (QED) is 0.906. The van der Waals surface area contributed by atoms with Crippen molar-refractivity contribution in [3.8, 4) is 0 Å². The Morgan fingerprint density at radius 2 is 1.85 bits per heavy atom. The molecule has 1 amide bonds. The molecule has 0 saturated carbocycles. The number of hydrogen-bond acceptors (Lipinski definition) is 4. The average molecular weight is 364 g/mol. The monoisotopic (exact) mass is 364 g/mol. The third-order valence-corrected chi connectivity index (χ3v) is 4.55. The largest absolute Gasteiger partial charge is 0.393 e. The number of anilines is 1. The lowest BCUT2D eigenvalue weighted by Crippen LogP contribution is -2.49. The maximum absolute atomic E-state index is 13.4. The molecule has 1 aliphatic rings. The van der Waals surface area contributed by atoms with E-state index in [2.05, 4.69) is 10.2 Å². The van der Waals surface area contributed by atoms with E-state index in [-0.39, 0.29) is 37.7 Å². The van der Waals surface area contributed by atoms with Gasteiger partial charge >= 0.3 is 6.18 Å². The highest BCUT2D eigenvalue weighted by Crippen LogP contribution is 2.37. The van der Waals surface area contributed by atoms with Gasteiger partial charge in [-0.25, -0.2) is 0 Å². The number of rotatable bonds is 4. The molecule has 1 aromatic carbocycles. The lowest BCUT2D eigenvalue weighted by molar-refractivity contribution is -0.195. The first kappa shape index (κ1) is 18.2. The molecule has 1 unspecified atom stereocenters. The van der Waals surface area contributed by atoms with Crippen molar-refractivity contribution >= 4 is 11.7 Å². The minimum atomic E-state index is -4.35. The number of halogens is 3. The summed E-state index contributed by atoms with van der Waals surface area (Å²) >= 11 is 0. The number of carbonyl (C=O) groups is 1. The van der Waals surface area contributed by atoms with Gasteiger partial charge in [0.1, 0.15) is 5.82 Å². The first-order valence-corrected chi connectivity index (χ1v) is 8.30. The SMILES string of the molecule is Nc1ccc(CC2C[C@@H](C(F)(F)F)CN(Cc3ccccc3)C2=O)nn1. The summed E-state index contributed by atoms with van der Waals surface area (Å²) in [5.74, 6) is -2.39. The van der Waals surface area contributed by atoms with Crippen molar-refractivity contribution in [3.63, 3.8) is 0 Å². The molecular weight excluding hydrogens is 345 g/mol. The normalized spacial score (nSPS) is 21.0. The van der Waals surface area contributed by atoms with E-state index < -0.39 is 18.0 Å². The van der Waals surface area contributed by atoms with Gasteiger partial charge < -0.3 is 10.6 Å². The van der Waals surface area contributed by atoms with Crippen LogP contribution in [0.2, 0.25) is 0 Å². The zero-order valence-electron chi connectivity index (χ0n) is 14.0. The van der Waals surface area contributed by atoms with Crippen LogP contribution in [0.5, 0.6) is 0 Å². The Balaban J connectivity index is 1.80. The van der Waals surface area contributed by atoms with E-state index in [1.807, 2.05) is 6.07 Å². The fourth-order valence-corrected chi connectivity index (χ4v) is 3.22. The summed E-state index contributed by atoms with van der Waals surface area (Å²) in [5, 5.41) is 7.58. The maximum Gasteiger partial charge on any atom is 0.393 e. The Kier molecular flexibility index (Phi) is 5.11. The maximum atomic E-state index is 13.4. The molecule has 1 aromatic heterocycles. The van der Waals surface area contributed by atoms with E-state index >= 15 is 0 Å². The molecule has 138 valence electrons. The highest BCUT2D eigenvalue weighted by atomic mass is 19.4. The van der Waals surface area contributed by atoms with Crippen LogP contribution in [-0.4, -0.2) is 33.7 Å². The standard InChI is InChI=1S/C18H19F3N4O/c19-18(20,21)14-8-13(9-15-6-7-16(22)24-23-15)17(26)25(11-14)10-12-4-2-1-3-5-12/h1-7,13-14H,8-11H2,(H2,22,24)/t13?,14-/m1/s1. The third kappa shape index (κ3) is 4.30. The average Bonchev–Trinajstić information content (AvgIpc) is 2.60. The fraction of sp³-hybridized carbons (Fsp3) is 0.389. The summed E-state index contributed by atoms with van der Waals surface area (Å²) in [7, 11) is 0. The van der Waals surface area contributed by atoms with Crippen LogP contribution in [0.15, 0.2) is 42.5 Å². The number of amides is 1. The van der Waals surface area contributed by atoms with E-state index in [4.69, 9.17) is 5.73 Å². The molecule has 2 heterocycles. The van der Waals surface area contributed by atoms with Gasteiger partial charge in [-0.1, -0.05) is 30.3 Å². The van der Waals surface area contributed by atoms with Gasteiger partial charge in [0, 0.05) is 25.4 Å². The van der Waals surface area contributed by atoms with Crippen LogP contribution < -0.4 is 5.73 Å². The molecule has 2 N–H and O–H groups in total.